The van der Waals surface area contributed by atoms with Crippen LogP contribution in [-0.2, 0) is 16.8 Å². The van der Waals surface area contributed by atoms with Gasteiger partial charge in [0, 0.05) is 16.5 Å². The van der Waals surface area contributed by atoms with Crippen LogP contribution in [0.5, 0.6) is 11.5 Å². The molecular weight excluding hydrogens is 861 g/mol. The molecule has 0 heterocycles. The number of aromatic hydroxyl groups is 2. The zero-order valence-electron chi connectivity index (χ0n) is 22.3. The fourth-order valence-electron chi connectivity index (χ4n) is 4.52. The maximum absolute atomic E-state index is 13.3. The number of phenolic OH excluding ortho intramolecular Hbond substituents is 2. The van der Waals surface area contributed by atoms with Gasteiger partial charge in [-0.3, -0.25) is 9.59 Å². The Morgan fingerprint density at radius 3 is 1.68 bits per heavy atom. The maximum atomic E-state index is 13.3. The van der Waals surface area contributed by atoms with Gasteiger partial charge in [-0.25, -0.2) is 4.79 Å². The van der Waals surface area contributed by atoms with Crippen LogP contribution in [0.2, 0.25) is 0 Å². The minimum Gasteiger partial charge on any atom is -0.506 e. The summed E-state index contributed by atoms with van der Waals surface area (Å²) in [6.07, 6.45) is 0. The van der Waals surface area contributed by atoms with Crippen LogP contribution in [0.25, 0.3) is 0 Å². The van der Waals surface area contributed by atoms with Gasteiger partial charge >= 0.3 is 5.97 Å². The number of rotatable bonds is 8. The molecular formula is C32H25I3O6. The molecule has 0 radical (unpaired) electrons. The molecule has 0 fully saturated rings. The monoisotopic (exact) mass is 886 g/mol. The molecule has 0 aliphatic rings. The minimum absolute atomic E-state index is 0.00765. The van der Waals surface area contributed by atoms with Crippen LogP contribution in [0.15, 0.2) is 72.8 Å². The Hall–Kier alpha value is -2.52. The normalized spacial score (nSPS) is 12.4. The van der Waals surface area contributed by atoms with Gasteiger partial charge in [0.25, 0.3) is 0 Å². The highest BCUT2D eigenvalue weighted by atomic mass is 127. The van der Waals surface area contributed by atoms with Gasteiger partial charge < -0.3 is 14.9 Å². The Morgan fingerprint density at radius 1 is 0.707 bits per heavy atom. The molecule has 9 heteroatoms. The van der Waals surface area contributed by atoms with E-state index in [1.165, 1.54) is 13.8 Å². The molecule has 0 aliphatic carbocycles. The molecule has 41 heavy (non-hydrogen) atoms. The molecule has 0 aliphatic heterocycles. The summed E-state index contributed by atoms with van der Waals surface area (Å²) in [5.41, 5.74) is 2.54. The van der Waals surface area contributed by atoms with Crippen molar-refractivity contribution in [3.63, 3.8) is 0 Å². The van der Waals surface area contributed by atoms with Crippen LogP contribution < -0.4 is 0 Å². The zero-order valence-corrected chi connectivity index (χ0v) is 28.8. The second-order valence-electron chi connectivity index (χ2n) is 9.74. The average molecular weight is 886 g/mol. The van der Waals surface area contributed by atoms with E-state index < -0.39 is 11.4 Å². The van der Waals surface area contributed by atoms with Crippen LogP contribution in [0.4, 0.5) is 0 Å². The Bertz CT molecular complexity index is 1630. The smallest absolute Gasteiger partial charge is 0.342 e. The van der Waals surface area contributed by atoms with Crippen molar-refractivity contribution in [3.8, 4) is 11.5 Å². The molecule has 4 aromatic carbocycles. The molecule has 1 atom stereocenters. The van der Waals surface area contributed by atoms with Gasteiger partial charge in [0.2, 0.25) is 0 Å². The Labute approximate surface area is 278 Å². The first-order valence-corrected chi connectivity index (χ1v) is 15.7. The first kappa shape index (κ1) is 31.4. The molecule has 6 nitrogen and oxygen atoms in total. The van der Waals surface area contributed by atoms with Gasteiger partial charge in [0.15, 0.2) is 11.6 Å². The molecule has 0 aromatic heterocycles. The molecule has 0 amide bonds. The average Bonchev–Trinajstić information content (AvgIpc) is 2.95. The molecule has 2 N–H and O–H groups in total. The molecule has 1 unspecified atom stereocenters. The predicted molar refractivity (Wildman–Crippen MR) is 182 cm³/mol. The van der Waals surface area contributed by atoms with E-state index in [0.717, 1.165) is 11.1 Å². The number of Topliss-reactive ketones (excluding diaryl/α,β-unsaturated/α-hetero) is 2. The number of hydrogen-bond donors (Lipinski definition) is 2. The number of phenols is 2. The SMILES string of the molecule is CC(=O)c1cc(C(C)=O)cc(C(C)(c2cc(I)c(O)c(I)c2)c2cc(I)c(O)c(C(=O)OCc3ccccc3)c2)c1. The van der Waals surface area contributed by atoms with E-state index in [4.69, 9.17) is 4.74 Å². The number of halogens is 3. The van der Waals surface area contributed by atoms with E-state index in [1.807, 2.05) is 72.0 Å². The largest absolute Gasteiger partial charge is 0.506 e. The molecule has 0 saturated carbocycles. The first-order valence-electron chi connectivity index (χ1n) is 12.4. The van der Waals surface area contributed by atoms with E-state index in [9.17, 15) is 24.6 Å². The number of esters is 1. The predicted octanol–water partition coefficient (Wildman–Crippen LogP) is 8.03. The second-order valence-corrected chi connectivity index (χ2v) is 13.2. The molecule has 0 spiro atoms. The minimum atomic E-state index is -1.02. The number of ether oxygens (including phenoxy) is 1. The summed E-state index contributed by atoms with van der Waals surface area (Å²) in [5, 5.41) is 21.4. The van der Waals surface area contributed by atoms with Gasteiger partial charge in [-0.15, -0.1) is 0 Å². The Balaban J connectivity index is 1.97. The molecule has 4 aromatic rings. The van der Waals surface area contributed by atoms with Crippen molar-refractivity contribution in [1.29, 1.82) is 0 Å². The van der Waals surface area contributed by atoms with Gasteiger partial charge in [0.05, 0.1) is 10.7 Å². The highest BCUT2D eigenvalue weighted by Gasteiger charge is 2.35. The molecule has 210 valence electrons. The summed E-state index contributed by atoms with van der Waals surface area (Å²) < 4.78 is 7.21. The van der Waals surface area contributed by atoms with Crippen LogP contribution in [0.1, 0.15) is 74.1 Å². The number of hydrogen-bond acceptors (Lipinski definition) is 6. The number of benzene rings is 4. The van der Waals surface area contributed by atoms with Crippen LogP contribution in [0.3, 0.4) is 0 Å². The zero-order chi connectivity index (χ0) is 30.1. The number of ketones is 2. The van der Waals surface area contributed by atoms with Crippen molar-refractivity contribution in [2.45, 2.75) is 32.8 Å². The van der Waals surface area contributed by atoms with Gasteiger partial charge in [-0.05, 0) is 153 Å². The standard InChI is InChI=1S/C32H25I3O6/c1-17(36)20-9-21(18(2)37)11-22(10-20)32(3,24-14-27(34)30(39)28(35)15-24)23-12-25(29(38)26(33)13-23)31(40)41-16-19-7-5-4-6-8-19/h4-15,38-39H,16H2,1-3H3. The third kappa shape index (κ3) is 6.61. The van der Waals surface area contributed by atoms with Crippen molar-refractivity contribution in [2.75, 3.05) is 0 Å². The summed E-state index contributed by atoms with van der Waals surface area (Å²) in [4.78, 5) is 38.3. The second kappa shape index (κ2) is 12.8. The van der Waals surface area contributed by atoms with Gasteiger partial charge in [-0.1, -0.05) is 30.3 Å². The van der Waals surface area contributed by atoms with Crippen molar-refractivity contribution >= 4 is 85.3 Å². The quantitative estimate of drug-likeness (QED) is 0.0805. The number of carbonyl (C=O) groups excluding carboxylic acids is 3. The first-order chi connectivity index (χ1) is 19.3. The lowest BCUT2D eigenvalue weighted by atomic mass is 9.70. The fraction of sp³-hybridized carbons (Fsp3) is 0.156. The Kier molecular flexibility index (Phi) is 9.79. The third-order valence-electron chi connectivity index (χ3n) is 6.99. The lowest BCUT2D eigenvalue weighted by Gasteiger charge is -2.33. The van der Waals surface area contributed by atoms with Crippen LogP contribution >= 0.6 is 67.8 Å². The summed E-state index contributed by atoms with van der Waals surface area (Å²) >= 11 is 6.08. The number of carbonyl (C=O) groups is 3. The van der Waals surface area contributed by atoms with Gasteiger partial charge in [0.1, 0.15) is 23.7 Å². The topological polar surface area (TPSA) is 101 Å². The highest BCUT2D eigenvalue weighted by Crippen LogP contribution is 2.44. The summed E-state index contributed by atoms with van der Waals surface area (Å²) in [6, 6.07) is 21.3. The van der Waals surface area contributed by atoms with Gasteiger partial charge in [-0.2, -0.15) is 0 Å². The van der Waals surface area contributed by atoms with Crippen LogP contribution in [0, 0.1) is 10.7 Å². The lowest BCUT2D eigenvalue weighted by molar-refractivity contribution is 0.0468. The van der Waals surface area contributed by atoms with Crippen molar-refractivity contribution < 1.29 is 29.3 Å². The molecule has 4 rings (SSSR count). The van der Waals surface area contributed by atoms with E-state index in [1.54, 1.807) is 30.3 Å². The summed E-state index contributed by atoms with van der Waals surface area (Å²) in [7, 11) is 0. The van der Waals surface area contributed by atoms with E-state index in [2.05, 4.69) is 45.2 Å². The van der Waals surface area contributed by atoms with E-state index >= 15 is 0 Å². The third-order valence-corrected chi connectivity index (χ3v) is 9.46. The van der Waals surface area contributed by atoms with E-state index in [-0.39, 0.29) is 35.2 Å². The molecule has 0 bridgehead atoms. The van der Waals surface area contributed by atoms with Crippen molar-refractivity contribution in [3.05, 3.63) is 122 Å². The maximum Gasteiger partial charge on any atom is 0.342 e. The van der Waals surface area contributed by atoms with Crippen molar-refractivity contribution in [1.82, 2.24) is 0 Å². The molecule has 0 saturated heterocycles. The van der Waals surface area contributed by atoms with Crippen LogP contribution in [-0.4, -0.2) is 27.7 Å². The highest BCUT2D eigenvalue weighted by molar-refractivity contribution is 14.1. The summed E-state index contributed by atoms with van der Waals surface area (Å²) in [6.45, 7) is 4.85. The Morgan fingerprint density at radius 2 is 1.17 bits per heavy atom. The summed E-state index contributed by atoms with van der Waals surface area (Å²) in [5.74, 6) is -1.14. The van der Waals surface area contributed by atoms with Crippen molar-refractivity contribution in [2.24, 2.45) is 0 Å². The van der Waals surface area contributed by atoms with E-state index in [0.29, 0.717) is 33.0 Å². The lowest BCUT2D eigenvalue weighted by Crippen LogP contribution is -2.27. The fourth-order valence-corrected chi connectivity index (χ4v) is 6.92.